The summed E-state index contributed by atoms with van der Waals surface area (Å²) >= 11 is 0. The zero-order valence-electron chi connectivity index (χ0n) is 9.38. The van der Waals surface area contributed by atoms with Gasteiger partial charge in [-0.15, -0.1) is 0 Å². The Morgan fingerprint density at radius 3 is 2.88 bits per heavy atom. The Hall–Kier alpha value is -1.64. The molecule has 0 amide bonds. The fraction of sp³-hybridized carbons (Fsp3) is 0.308. The molecule has 0 unspecified atom stereocenters. The van der Waals surface area contributed by atoms with Gasteiger partial charge in [-0.1, -0.05) is 19.9 Å². The van der Waals surface area contributed by atoms with Crippen molar-refractivity contribution in [2.24, 2.45) is 0 Å². The minimum absolute atomic E-state index is 0.148. The molecule has 0 bridgehead atoms. The van der Waals surface area contributed by atoms with Gasteiger partial charge in [0.15, 0.2) is 0 Å². The summed E-state index contributed by atoms with van der Waals surface area (Å²) < 4.78 is 13.8. The van der Waals surface area contributed by atoms with Crippen molar-refractivity contribution in [3.63, 3.8) is 0 Å². The van der Waals surface area contributed by atoms with E-state index in [-0.39, 0.29) is 10.9 Å². The number of rotatable bonds is 2. The van der Waals surface area contributed by atoms with E-state index < -0.39 is 5.82 Å². The lowest BCUT2D eigenvalue weighted by Crippen LogP contribution is -2.07. The summed E-state index contributed by atoms with van der Waals surface area (Å²) in [7, 11) is 0. The van der Waals surface area contributed by atoms with Crippen LogP contribution in [0.1, 0.15) is 31.7 Å². The van der Waals surface area contributed by atoms with Gasteiger partial charge in [-0.2, -0.15) is 0 Å². The van der Waals surface area contributed by atoms with Gasteiger partial charge in [0.25, 0.3) is 5.56 Å². The Morgan fingerprint density at radius 1 is 1.44 bits per heavy atom. The van der Waals surface area contributed by atoms with Crippen LogP contribution in [0.2, 0.25) is 0 Å². The van der Waals surface area contributed by atoms with E-state index in [2.05, 4.69) is 11.9 Å². The van der Waals surface area contributed by atoms with Crippen LogP contribution in [0.15, 0.2) is 29.2 Å². The predicted octanol–water partition coefficient (Wildman–Crippen LogP) is 3.18. The van der Waals surface area contributed by atoms with E-state index in [0.29, 0.717) is 11.3 Å². The number of halogens is 1. The molecule has 2 rings (SSSR count). The van der Waals surface area contributed by atoms with E-state index >= 15 is 0 Å². The van der Waals surface area contributed by atoms with Crippen molar-refractivity contribution < 1.29 is 4.39 Å². The highest BCUT2D eigenvalue weighted by molar-refractivity contribution is 5.82. The highest BCUT2D eigenvalue weighted by atomic mass is 19.1. The molecule has 0 aliphatic heterocycles. The van der Waals surface area contributed by atoms with E-state index in [1.165, 1.54) is 6.07 Å². The summed E-state index contributed by atoms with van der Waals surface area (Å²) in [6.07, 6.45) is 2.50. The molecule has 0 spiro atoms. The van der Waals surface area contributed by atoms with Gasteiger partial charge in [0.1, 0.15) is 5.82 Å². The number of aromatic nitrogens is 1. The highest BCUT2D eigenvalue weighted by Gasteiger charge is 2.10. The molecule has 1 aromatic heterocycles. The Morgan fingerprint density at radius 2 is 2.19 bits per heavy atom. The lowest BCUT2D eigenvalue weighted by atomic mass is 9.96. The monoisotopic (exact) mass is 219 g/mol. The second-order valence-corrected chi connectivity index (χ2v) is 4.08. The van der Waals surface area contributed by atoms with Gasteiger partial charge in [-0.05, 0) is 35.4 Å². The zero-order chi connectivity index (χ0) is 11.7. The van der Waals surface area contributed by atoms with E-state index in [1.807, 2.05) is 13.0 Å². The third kappa shape index (κ3) is 1.73. The number of benzene rings is 1. The molecule has 2 nitrogen and oxygen atoms in total. The minimum atomic E-state index is -0.436. The minimum Gasteiger partial charge on any atom is -0.328 e. The maximum Gasteiger partial charge on any atom is 0.258 e. The van der Waals surface area contributed by atoms with Crippen molar-refractivity contribution in [2.45, 2.75) is 26.2 Å². The molecule has 1 atom stereocenters. The molecular formula is C13H14FNO. The molecule has 0 aliphatic rings. The van der Waals surface area contributed by atoms with E-state index in [9.17, 15) is 9.18 Å². The van der Waals surface area contributed by atoms with Gasteiger partial charge in [0, 0.05) is 6.20 Å². The number of fused-ring (bicyclic) bond motifs is 1. The Labute approximate surface area is 93.1 Å². The van der Waals surface area contributed by atoms with Crippen molar-refractivity contribution in [1.29, 1.82) is 0 Å². The number of nitrogens with one attached hydrogen (secondary N) is 1. The normalized spacial score (nSPS) is 12.9. The summed E-state index contributed by atoms with van der Waals surface area (Å²) in [5, 5.41) is 0.814. The SMILES string of the molecule is CC[C@H](C)c1cc(F)c2c(=O)[nH]ccc2c1. The quantitative estimate of drug-likeness (QED) is 0.826. The summed E-state index contributed by atoms with van der Waals surface area (Å²) in [6, 6.07) is 5.08. The number of hydrogen-bond donors (Lipinski definition) is 1. The molecule has 2 aromatic rings. The van der Waals surface area contributed by atoms with Gasteiger partial charge < -0.3 is 4.98 Å². The highest BCUT2D eigenvalue weighted by Crippen LogP contribution is 2.24. The first-order chi connectivity index (χ1) is 7.63. The average Bonchev–Trinajstić information content (AvgIpc) is 2.27. The molecule has 0 saturated heterocycles. The topological polar surface area (TPSA) is 32.9 Å². The maximum atomic E-state index is 13.8. The van der Waals surface area contributed by atoms with Crippen LogP contribution in [0, 0.1) is 5.82 Å². The lowest BCUT2D eigenvalue weighted by molar-refractivity contribution is 0.630. The molecule has 16 heavy (non-hydrogen) atoms. The molecule has 84 valence electrons. The standard InChI is InChI=1S/C13H14FNO/c1-3-8(2)10-6-9-4-5-15-13(16)12(9)11(14)7-10/h4-8H,3H2,1-2H3,(H,15,16)/t8-/m0/s1. The fourth-order valence-corrected chi connectivity index (χ4v) is 1.82. The lowest BCUT2D eigenvalue weighted by Gasteiger charge is -2.10. The Bertz CT molecular complexity index is 574. The van der Waals surface area contributed by atoms with Gasteiger partial charge in [0.05, 0.1) is 5.39 Å². The van der Waals surface area contributed by atoms with Crippen LogP contribution >= 0.6 is 0 Å². The second kappa shape index (κ2) is 4.08. The van der Waals surface area contributed by atoms with Gasteiger partial charge >= 0.3 is 0 Å². The van der Waals surface area contributed by atoms with Gasteiger partial charge in [0.2, 0.25) is 0 Å². The van der Waals surface area contributed by atoms with Crippen LogP contribution in [-0.4, -0.2) is 4.98 Å². The van der Waals surface area contributed by atoms with Crippen molar-refractivity contribution >= 4 is 10.8 Å². The predicted molar refractivity (Wildman–Crippen MR) is 63.2 cm³/mol. The number of H-pyrrole nitrogens is 1. The van der Waals surface area contributed by atoms with E-state index in [4.69, 9.17) is 0 Å². The van der Waals surface area contributed by atoms with Crippen LogP contribution in [0.3, 0.4) is 0 Å². The maximum absolute atomic E-state index is 13.8. The molecule has 0 saturated carbocycles. The van der Waals surface area contributed by atoms with Crippen LogP contribution in [0.5, 0.6) is 0 Å². The van der Waals surface area contributed by atoms with Crippen LogP contribution in [-0.2, 0) is 0 Å². The molecule has 1 N–H and O–H groups in total. The number of hydrogen-bond acceptors (Lipinski definition) is 1. The molecule has 0 fully saturated rings. The van der Waals surface area contributed by atoms with Crippen LogP contribution < -0.4 is 5.56 Å². The third-order valence-corrected chi connectivity index (χ3v) is 3.03. The summed E-state index contributed by atoms with van der Waals surface area (Å²) in [5.41, 5.74) is 0.573. The van der Waals surface area contributed by atoms with Crippen LogP contribution in [0.4, 0.5) is 4.39 Å². The largest absolute Gasteiger partial charge is 0.328 e. The molecule has 3 heteroatoms. The smallest absolute Gasteiger partial charge is 0.258 e. The average molecular weight is 219 g/mol. The molecule has 1 heterocycles. The first-order valence-electron chi connectivity index (χ1n) is 5.44. The van der Waals surface area contributed by atoms with Crippen molar-refractivity contribution in [2.75, 3.05) is 0 Å². The van der Waals surface area contributed by atoms with Crippen molar-refractivity contribution in [3.05, 3.63) is 46.1 Å². The Balaban J connectivity index is 2.73. The first-order valence-corrected chi connectivity index (χ1v) is 5.44. The van der Waals surface area contributed by atoms with Gasteiger partial charge in [-0.25, -0.2) is 4.39 Å². The summed E-state index contributed by atoms with van der Waals surface area (Å²) in [4.78, 5) is 13.9. The molecule has 0 aliphatic carbocycles. The first kappa shape index (κ1) is 10.9. The van der Waals surface area contributed by atoms with E-state index in [0.717, 1.165) is 12.0 Å². The summed E-state index contributed by atoms with van der Waals surface area (Å²) in [5.74, 6) is -0.132. The van der Waals surface area contributed by atoms with Crippen LogP contribution in [0.25, 0.3) is 10.8 Å². The molecule has 0 radical (unpaired) electrons. The number of aromatic amines is 1. The van der Waals surface area contributed by atoms with Crippen molar-refractivity contribution in [1.82, 2.24) is 4.98 Å². The molecular weight excluding hydrogens is 205 g/mol. The molecule has 1 aromatic carbocycles. The van der Waals surface area contributed by atoms with Gasteiger partial charge in [-0.3, -0.25) is 4.79 Å². The fourth-order valence-electron chi connectivity index (χ4n) is 1.82. The zero-order valence-corrected chi connectivity index (χ0v) is 9.38. The Kier molecular flexibility index (Phi) is 2.77. The third-order valence-electron chi connectivity index (χ3n) is 3.03. The second-order valence-electron chi connectivity index (χ2n) is 4.08. The summed E-state index contributed by atoms with van der Waals surface area (Å²) in [6.45, 7) is 4.11. The van der Waals surface area contributed by atoms with Crippen molar-refractivity contribution in [3.8, 4) is 0 Å². The number of pyridine rings is 1. The van der Waals surface area contributed by atoms with E-state index in [1.54, 1.807) is 12.3 Å².